The summed E-state index contributed by atoms with van der Waals surface area (Å²) in [6.07, 6.45) is 5.95. The lowest BCUT2D eigenvalue weighted by molar-refractivity contribution is -0.130. The van der Waals surface area contributed by atoms with Crippen LogP contribution in [0, 0.1) is 11.3 Å². The Morgan fingerprint density at radius 2 is 2.18 bits per heavy atom. The van der Waals surface area contributed by atoms with Crippen LogP contribution in [0.1, 0.15) is 59.3 Å². The second-order valence-corrected chi connectivity index (χ2v) is 6.07. The first kappa shape index (κ1) is 14.5. The smallest absolute Gasteiger partial charge is 0.223 e. The normalized spacial score (nSPS) is 25.3. The molecule has 2 atom stereocenters. The fourth-order valence-electron chi connectivity index (χ4n) is 2.71. The molecule has 0 aromatic heterocycles. The van der Waals surface area contributed by atoms with Gasteiger partial charge in [-0.15, -0.1) is 0 Å². The van der Waals surface area contributed by atoms with Crippen LogP contribution in [0.5, 0.6) is 0 Å². The highest BCUT2D eigenvalue weighted by atomic mass is 16.3. The highest BCUT2D eigenvalue weighted by Gasteiger charge is 2.36. The lowest BCUT2D eigenvalue weighted by Gasteiger charge is -2.37. The van der Waals surface area contributed by atoms with Crippen LogP contribution in [0.15, 0.2) is 0 Å². The fourth-order valence-corrected chi connectivity index (χ4v) is 2.71. The predicted octanol–water partition coefficient (Wildman–Crippen LogP) is 2.48. The highest BCUT2D eigenvalue weighted by Crippen LogP contribution is 2.40. The molecule has 2 N–H and O–H groups in total. The Kier molecular flexibility index (Phi) is 5.44. The van der Waals surface area contributed by atoms with Gasteiger partial charge in [0.1, 0.15) is 0 Å². The molecule has 0 spiro atoms. The number of hydrogen-bond acceptors (Lipinski definition) is 2. The third kappa shape index (κ3) is 4.66. The van der Waals surface area contributed by atoms with E-state index in [0.29, 0.717) is 6.54 Å². The first-order chi connectivity index (χ1) is 7.93. The number of aliphatic hydroxyl groups excluding tert-OH is 1. The molecule has 1 amide bonds. The molecule has 0 radical (unpaired) electrons. The Balaban J connectivity index is 2.31. The standard InChI is InChI=1S/C14H27NO2/c1-11(16)7-6-10-15-13(17)12-8-4-5-9-14(12,2)3/h11-12,16H,4-10H2,1-3H3,(H,15,17). The summed E-state index contributed by atoms with van der Waals surface area (Å²) in [5.74, 6) is 0.378. The summed E-state index contributed by atoms with van der Waals surface area (Å²) in [6, 6.07) is 0. The maximum Gasteiger partial charge on any atom is 0.223 e. The van der Waals surface area contributed by atoms with Crippen LogP contribution < -0.4 is 5.32 Å². The predicted molar refractivity (Wildman–Crippen MR) is 69.7 cm³/mol. The van der Waals surface area contributed by atoms with E-state index in [1.807, 2.05) is 0 Å². The zero-order chi connectivity index (χ0) is 12.9. The largest absolute Gasteiger partial charge is 0.393 e. The van der Waals surface area contributed by atoms with E-state index in [-0.39, 0.29) is 23.3 Å². The third-order valence-electron chi connectivity index (χ3n) is 3.92. The summed E-state index contributed by atoms with van der Waals surface area (Å²) in [7, 11) is 0. The average Bonchev–Trinajstić information content (AvgIpc) is 2.23. The van der Waals surface area contributed by atoms with Crippen molar-refractivity contribution >= 4 is 5.91 Å². The van der Waals surface area contributed by atoms with Crippen LogP contribution in [0.4, 0.5) is 0 Å². The summed E-state index contributed by atoms with van der Waals surface area (Å²) in [6.45, 7) is 6.88. The minimum absolute atomic E-state index is 0.145. The van der Waals surface area contributed by atoms with E-state index in [9.17, 15) is 4.79 Å². The van der Waals surface area contributed by atoms with E-state index in [0.717, 1.165) is 25.7 Å². The third-order valence-corrected chi connectivity index (χ3v) is 3.92. The van der Waals surface area contributed by atoms with Gasteiger partial charge in [-0.1, -0.05) is 26.7 Å². The number of hydrogen-bond donors (Lipinski definition) is 2. The van der Waals surface area contributed by atoms with Gasteiger partial charge < -0.3 is 10.4 Å². The monoisotopic (exact) mass is 241 g/mol. The zero-order valence-corrected chi connectivity index (χ0v) is 11.5. The summed E-state index contributed by atoms with van der Waals surface area (Å²) >= 11 is 0. The molecule has 1 aliphatic carbocycles. The Morgan fingerprint density at radius 3 is 2.76 bits per heavy atom. The van der Waals surface area contributed by atoms with Gasteiger partial charge in [0.05, 0.1) is 6.10 Å². The Bertz CT molecular complexity index is 249. The number of rotatable bonds is 5. The van der Waals surface area contributed by atoms with Crippen molar-refractivity contribution in [3.63, 3.8) is 0 Å². The van der Waals surface area contributed by atoms with Crippen molar-refractivity contribution in [3.05, 3.63) is 0 Å². The maximum atomic E-state index is 12.1. The molecule has 3 nitrogen and oxygen atoms in total. The lowest BCUT2D eigenvalue weighted by Crippen LogP contribution is -2.41. The second-order valence-electron chi connectivity index (χ2n) is 6.07. The van der Waals surface area contributed by atoms with E-state index in [1.54, 1.807) is 6.92 Å². The van der Waals surface area contributed by atoms with Gasteiger partial charge in [-0.2, -0.15) is 0 Å². The number of carbonyl (C=O) groups excluding carboxylic acids is 1. The molecule has 0 aliphatic heterocycles. The van der Waals surface area contributed by atoms with E-state index in [2.05, 4.69) is 19.2 Å². The van der Waals surface area contributed by atoms with Crippen LogP contribution in [-0.4, -0.2) is 23.7 Å². The Hall–Kier alpha value is -0.570. The SMILES string of the molecule is CC(O)CCCNC(=O)C1CCCCC1(C)C. The molecule has 0 heterocycles. The van der Waals surface area contributed by atoms with Crippen molar-refractivity contribution in [2.75, 3.05) is 6.54 Å². The topological polar surface area (TPSA) is 49.3 Å². The van der Waals surface area contributed by atoms with Crippen LogP contribution >= 0.6 is 0 Å². The quantitative estimate of drug-likeness (QED) is 0.726. The number of nitrogens with one attached hydrogen (secondary N) is 1. The van der Waals surface area contributed by atoms with Crippen molar-refractivity contribution in [2.24, 2.45) is 11.3 Å². The minimum atomic E-state index is -0.266. The number of amides is 1. The van der Waals surface area contributed by atoms with E-state index in [4.69, 9.17) is 5.11 Å². The summed E-state index contributed by atoms with van der Waals surface area (Å²) in [4.78, 5) is 12.1. The first-order valence-electron chi connectivity index (χ1n) is 6.89. The van der Waals surface area contributed by atoms with Gasteiger partial charge in [0, 0.05) is 12.5 Å². The minimum Gasteiger partial charge on any atom is -0.393 e. The molecular formula is C14H27NO2. The van der Waals surface area contributed by atoms with Crippen molar-refractivity contribution in [2.45, 2.75) is 65.4 Å². The van der Waals surface area contributed by atoms with Crippen LogP contribution in [0.25, 0.3) is 0 Å². The molecular weight excluding hydrogens is 214 g/mol. The van der Waals surface area contributed by atoms with Crippen molar-refractivity contribution in [3.8, 4) is 0 Å². The van der Waals surface area contributed by atoms with Gasteiger partial charge >= 0.3 is 0 Å². The molecule has 1 fully saturated rings. The molecule has 17 heavy (non-hydrogen) atoms. The second kappa shape index (κ2) is 6.39. The molecule has 0 saturated heterocycles. The van der Waals surface area contributed by atoms with Crippen LogP contribution in [0.3, 0.4) is 0 Å². The van der Waals surface area contributed by atoms with E-state index in [1.165, 1.54) is 12.8 Å². The summed E-state index contributed by atoms with van der Waals surface area (Å²) in [5, 5.41) is 12.2. The molecule has 0 bridgehead atoms. The van der Waals surface area contributed by atoms with Crippen LogP contribution in [0.2, 0.25) is 0 Å². The van der Waals surface area contributed by atoms with E-state index < -0.39 is 0 Å². The van der Waals surface area contributed by atoms with Crippen molar-refractivity contribution in [1.29, 1.82) is 0 Å². The Labute approximate surface area is 105 Å². The first-order valence-corrected chi connectivity index (χ1v) is 6.89. The van der Waals surface area contributed by atoms with Gasteiger partial charge in [0.2, 0.25) is 5.91 Å². The van der Waals surface area contributed by atoms with Crippen molar-refractivity contribution < 1.29 is 9.90 Å². The average molecular weight is 241 g/mol. The maximum absolute atomic E-state index is 12.1. The molecule has 3 heteroatoms. The molecule has 2 unspecified atom stereocenters. The van der Waals surface area contributed by atoms with Crippen molar-refractivity contribution in [1.82, 2.24) is 5.32 Å². The van der Waals surface area contributed by atoms with Gasteiger partial charge in [-0.25, -0.2) is 0 Å². The fraction of sp³-hybridized carbons (Fsp3) is 0.929. The van der Waals surface area contributed by atoms with Gasteiger partial charge in [0.25, 0.3) is 0 Å². The molecule has 1 saturated carbocycles. The molecule has 100 valence electrons. The Morgan fingerprint density at radius 1 is 1.47 bits per heavy atom. The van der Waals surface area contributed by atoms with Gasteiger partial charge in [-0.05, 0) is 38.0 Å². The van der Waals surface area contributed by atoms with Crippen LogP contribution in [-0.2, 0) is 4.79 Å². The van der Waals surface area contributed by atoms with Gasteiger partial charge in [0.15, 0.2) is 0 Å². The van der Waals surface area contributed by atoms with E-state index >= 15 is 0 Å². The molecule has 1 aliphatic rings. The zero-order valence-electron chi connectivity index (χ0n) is 11.5. The summed E-state index contributed by atoms with van der Waals surface area (Å²) < 4.78 is 0. The highest BCUT2D eigenvalue weighted by molar-refractivity contribution is 5.79. The number of aliphatic hydroxyl groups is 1. The lowest BCUT2D eigenvalue weighted by atomic mass is 9.68. The summed E-state index contributed by atoms with van der Waals surface area (Å²) in [5.41, 5.74) is 0.145. The molecule has 0 aromatic rings. The van der Waals surface area contributed by atoms with Gasteiger partial charge in [-0.3, -0.25) is 4.79 Å². The number of carbonyl (C=O) groups is 1. The molecule has 0 aromatic carbocycles. The molecule has 1 rings (SSSR count).